The number of aromatic hydroxyl groups is 1. The molecule has 6 heteroatoms. The lowest BCUT2D eigenvalue weighted by Gasteiger charge is -2.50. The van der Waals surface area contributed by atoms with Crippen LogP contribution in [0.25, 0.3) is 0 Å². The molecule has 1 aromatic carbocycles. The number of carbonyl (C=O) groups is 1. The largest absolute Gasteiger partial charge is 0.508 e. The number of phenolic OH excluding ortho intramolecular Hbond substituents is 1. The van der Waals surface area contributed by atoms with Gasteiger partial charge in [0, 0.05) is 30.7 Å². The molecule has 0 unspecified atom stereocenters. The zero-order valence-corrected chi connectivity index (χ0v) is 19.3. The first kappa shape index (κ1) is 22.7. The van der Waals surface area contributed by atoms with E-state index in [1.54, 1.807) is 6.07 Å². The summed E-state index contributed by atoms with van der Waals surface area (Å²) in [5, 5.41) is 10.1. The van der Waals surface area contributed by atoms with Crippen LogP contribution in [0.4, 0.5) is 0 Å². The number of benzene rings is 1. The van der Waals surface area contributed by atoms with Gasteiger partial charge in [-0.05, 0) is 88.4 Å². The van der Waals surface area contributed by atoms with Crippen molar-refractivity contribution in [2.45, 2.75) is 45.4 Å². The van der Waals surface area contributed by atoms with E-state index in [1.807, 2.05) is 30.9 Å². The van der Waals surface area contributed by atoms with E-state index < -0.39 is 0 Å². The summed E-state index contributed by atoms with van der Waals surface area (Å²) in [5.41, 5.74) is 5.65. The number of carbonyl (C=O) groups excluding carboxylic acids is 1. The minimum atomic E-state index is 0. The van der Waals surface area contributed by atoms with E-state index in [0.29, 0.717) is 11.7 Å². The van der Waals surface area contributed by atoms with Crippen LogP contribution in [-0.4, -0.2) is 59.0 Å². The van der Waals surface area contributed by atoms with Gasteiger partial charge in [-0.2, -0.15) is 0 Å². The summed E-state index contributed by atoms with van der Waals surface area (Å²) in [4.78, 5) is 20.9. The number of likely N-dealkylation sites (tertiary alicyclic amines) is 1. The molecule has 1 saturated heterocycles. The molecule has 0 saturated carbocycles. The number of amides is 1. The van der Waals surface area contributed by atoms with Crippen molar-refractivity contribution in [1.29, 1.82) is 0 Å². The van der Waals surface area contributed by atoms with Crippen molar-refractivity contribution < 1.29 is 9.90 Å². The highest BCUT2D eigenvalue weighted by molar-refractivity contribution is 5.94. The topological polar surface area (TPSA) is 59.6 Å². The minimum absolute atomic E-state index is 0. The monoisotopic (exact) mass is 431 g/mol. The van der Waals surface area contributed by atoms with Gasteiger partial charge in [-0.1, -0.05) is 12.1 Å². The minimum Gasteiger partial charge on any atom is -0.508 e. The molecule has 1 aliphatic carbocycles. The summed E-state index contributed by atoms with van der Waals surface area (Å²) in [7, 11) is 2.20. The van der Waals surface area contributed by atoms with Gasteiger partial charge < -0.3 is 19.9 Å². The van der Waals surface area contributed by atoms with Gasteiger partial charge in [0.15, 0.2) is 0 Å². The van der Waals surface area contributed by atoms with E-state index >= 15 is 0 Å². The fourth-order valence-electron chi connectivity index (χ4n) is 5.60. The van der Waals surface area contributed by atoms with Crippen LogP contribution in [0.2, 0.25) is 0 Å². The number of hydrogen-bond donors (Lipinski definition) is 2. The molecule has 1 amide bonds. The lowest BCUT2D eigenvalue weighted by Crippen LogP contribution is -2.52. The van der Waals surface area contributed by atoms with Crippen LogP contribution in [-0.2, 0) is 18.3 Å². The smallest absolute Gasteiger partial charge is 0.270 e. The summed E-state index contributed by atoms with van der Waals surface area (Å²) in [5.74, 6) is 0.912. The molecule has 1 fully saturated rings. The Morgan fingerprint density at radius 3 is 2.73 bits per heavy atom. The fraction of sp³-hybridized carbons (Fsp3) is 0.542. The molecule has 164 valence electrons. The first-order valence-electron chi connectivity index (χ1n) is 10.9. The van der Waals surface area contributed by atoms with E-state index in [2.05, 4.69) is 29.9 Å². The summed E-state index contributed by atoms with van der Waals surface area (Å²) >= 11 is 0. The highest BCUT2D eigenvalue weighted by Gasteiger charge is 2.48. The molecule has 4 rings (SSSR count). The van der Waals surface area contributed by atoms with Crippen molar-refractivity contribution >= 4 is 18.3 Å². The van der Waals surface area contributed by atoms with Crippen LogP contribution in [0.5, 0.6) is 5.75 Å². The second kappa shape index (κ2) is 8.64. The molecule has 0 spiro atoms. The Balaban J connectivity index is 0.00000256. The van der Waals surface area contributed by atoms with Crippen LogP contribution < -0.4 is 0 Å². The quantitative estimate of drug-likeness (QED) is 0.771. The third kappa shape index (κ3) is 3.63. The van der Waals surface area contributed by atoms with Crippen LogP contribution in [0, 0.1) is 12.8 Å². The molecule has 2 aliphatic rings. The zero-order valence-electron chi connectivity index (χ0n) is 18.5. The highest BCUT2D eigenvalue weighted by atomic mass is 35.5. The van der Waals surface area contributed by atoms with Gasteiger partial charge in [0.1, 0.15) is 11.4 Å². The second-order valence-electron chi connectivity index (χ2n) is 8.86. The predicted molar refractivity (Wildman–Crippen MR) is 123 cm³/mol. The number of piperidine rings is 1. The Labute approximate surface area is 185 Å². The van der Waals surface area contributed by atoms with Gasteiger partial charge >= 0.3 is 0 Å². The summed E-state index contributed by atoms with van der Waals surface area (Å²) in [6.07, 6.45) is 2.94. The van der Waals surface area contributed by atoms with Crippen molar-refractivity contribution in [1.82, 2.24) is 14.8 Å². The van der Waals surface area contributed by atoms with Gasteiger partial charge in [-0.15, -0.1) is 12.4 Å². The van der Waals surface area contributed by atoms with Gasteiger partial charge in [0.2, 0.25) is 0 Å². The number of phenols is 1. The van der Waals surface area contributed by atoms with Crippen molar-refractivity contribution in [3.05, 3.63) is 52.3 Å². The molecule has 0 bridgehead atoms. The Morgan fingerprint density at radius 1 is 1.33 bits per heavy atom. The lowest BCUT2D eigenvalue weighted by molar-refractivity contribution is 0.0766. The van der Waals surface area contributed by atoms with Gasteiger partial charge in [-0.3, -0.25) is 4.79 Å². The zero-order chi connectivity index (χ0) is 20.8. The van der Waals surface area contributed by atoms with Crippen molar-refractivity contribution in [2.75, 3.05) is 33.2 Å². The molecule has 0 radical (unpaired) electrons. The normalized spacial score (nSPS) is 23.3. The first-order chi connectivity index (χ1) is 13.9. The van der Waals surface area contributed by atoms with E-state index in [-0.39, 0.29) is 23.7 Å². The molecule has 2 N–H and O–H groups in total. The third-order valence-corrected chi connectivity index (χ3v) is 7.35. The number of halogens is 1. The average molecular weight is 432 g/mol. The van der Waals surface area contributed by atoms with E-state index in [1.165, 1.54) is 16.8 Å². The maximum atomic E-state index is 13.1. The molecule has 1 aliphatic heterocycles. The van der Waals surface area contributed by atoms with E-state index in [0.717, 1.165) is 56.7 Å². The first-order valence-corrected chi connectivity index (χ1v) is 10.9. The molecular weight excluding hydrogens is 398 g/mol. The second-order valence-corrected chi connectivity index (χ2v) is 8.86. The highest BCUT2D eigenvalue weighted by Crippen LogP contribution is 2.49. The van der Waals surface area contributed by atoms with Crippen LogP contribution in [0.1, 0.15) is 53.1 Å². The number of hydrogen-bond acceptors (Lipinski definition) is 3. The standard InChI is InChI=1S/C24H33N3O2.ClH/c1-5-27(6-2)23(29)22-16(3)20-13-18-15-26(4)11-10-24(18,14-21(20)25-22)17-8-7-9-19(28)12-17;/h7-9,12,18,25,28H,5-6,10-11,13-15H2,1-4H3;1H/t18-,24+;/m1./s1. The van der Waals surface area contributed by atoms with Crippen LogP contribution in [0.15, 0.2) is 24.3 Å². The van der Waals surface area contributed by atoms with E-state index in [9.17, 15) is 9.90 Å². The van der Waals surface area contributed by atoms with Crippen molar-refractivity contribution in [3.63, 3.8) is 0 Å². The molecule has 2 atom stereocenters. The summed E-state index contributed by atoms with van der Waals surface area (Å²) < 4.78 is 0. The predicted octanol–water partition coefficient (Wildman–Crippen LogP) is 3.92. The summed E-state index contributed by atoms with van der Waals surface area (Å²) in [6, 6.07) is 7.82. The number of fused-ring (bicyclic) bond motifs is 2. The van der Waals surface area contributed by atoms with Crippen LogP contribution >= 0.6 is 12.4 Å². The van der Waals surface area contributed by atoms with Gasteiger partial charge in [-0.25, -0.2) is 0 Å². The molecule has 30 heavy (non-hydrogen) atoms. The number of aromatic amines is 1. The number of nitrogens with zero attached hydrogens (tertiary/aromatic N) is 2. The maximum absolute atomic E-state index is 13.1. The molecular formula is C24H34ClN3O2. The number of aromatic nitrogens is 1. The maximum Gasteiger partial charge on any atom is 0.270 e. The average Bonchev–Trinajstić information content (AvgIpc) is 3.02. The molecule has 5 nitrogen and oxygen atoms in total. The molecule has 2 aromatic rings. The van der Waals surface area contributed by atoms with Gasteiger partial charge in [0.25, 0.3) is 5.91 Å². The Bertz CT molecular complexity index is 921. The SMILES string of the molecule is CCN(CC)C(=O)c1[nH]c2c(c1C)C[C@@H]1CN(C)CC[C@@]1(c1cccc(O)c1)C2.Cl. The third-order valence-electron chi connectivity index (χ3n) is 7.35. The number of H-pyrrole nitrogens is 1. The van der Waals surface area contributed by atoms with Crippen molar-refractivity contribution in [3.8, 4) is 5.75 Å². The van der Waals surface area contributed by atoms with Crippen LogP contribution in [0.3, 0.4) is 0 Å². The Morgan fingerprint density at radius 2 is 2.07 bits per heavy atom. The molecule has 1 aromatic heterocycles. The molecule has 2 heterocycles. The van der Waals surface area contributed by atoms with E-state index in [4.69, 9.17) is 0 Å². The Kier molecular flexibility index (Phi) is 6.54. The lowest BCUT2D eigenvalue weighted by atomic mass is 9.58. The fourth-order valence-corrected chi connectivity index (χ4v) is 5.60. The number of rotatable bonds is 4. The number of nitrogens with one attached hydrogen (secondary N) is 1. The summed E-state index contributed by atoms with van der Waals surface area (Å²) in [6.45, 7) is 9.69. The Hall–Kier alpha value is -1.98. The van der Waals surface area contributed by atoms with Crippen molar-refractivity contribution in [2.24, 2.45) is 5.92 Å². The van der Waals surface area contributed by atoms with Gasteiger partial charge in [0.05, 0.1) is 0 Å².